The third kappa shape index (κ3) is 4.32. The fraction of sp³-hybridized carbons (Fsp3) is 0.500. The van der Waals surface area contributed by atoms with Gasteiger partial charge >= 0.3 is 12.1 Å². The third-order valence-electron chi connectivity index (χ3n) is 2.97. The molecule has 1 aromatic rings. The highest BCUT2D eigenvalue weighted by Crippen LogP contribution is 2.24. The number of nitrogens with one attached hydrogen (secondary N) is 2. The van der Waals surface area contributed by atoms with E-state index < -0.39 is 30.7 Å². The van der Waals surface area contributed by atoms with E-state index in [1.807, 2.05) is 5.32 Å². The molecule has 0 unspecified atom stereocenters. The van der Waals surface area contributed by atoms with Crippen molar-refractivity contribution in [3.05, 3.63) is 22.5 Å². The molecule has 3 N–H and O–H groups in total. The average molecular weight is 312 g/mol. The van der Waals surface area contributed by atoms with Crippen molar-refractivity contribution in [1.82, 2.24) is 10.3 Å². The van der Waals surface area contributed by atoms with Crippen molar-refractivity contribution in [2.24, 2.45) is 0 Å². The second kappa shape index (κ2) is 7.60. The molecular formula is C14H20N2O6. The Balaban J connectivity index is 2.65. The number of aliphatic hydroxyl groups excluding tert-OH is 1. The normalized spacial score (nSPS) is 11.7. The molecule has 2 amide bonds. The molecule has 1 aromatic heterocycles. The van der Waals surface area contributed by atoms with Gasteiger partial charge in [0.05, 0.1) is 12.7 Å². The number of rotatable bonds is 5. The van der Waals surface area contributed by atoms with Gasteiger partial charge in [-0.3, -0.25) is 10.1 Å². The van der Waals surface area contributed by atoms with Gasteiger partial charge in [0.15, 0.2) is 6.61 Å². The Morgan fingerprint density at radius 1 is 1.27 bits per heavy atom. The number of esters is 1. The zero-order valence-electron chi connectivity index (χ0n) is 13.0. The summed E-state index contributed by atoms with van der Waals surface area (Å²) in [6, 6.07) is 0. The van der Waals surface area contributed by atoms with Crippen LogP contribution in [0.1, 0.15) is 47.3 Å². The number of H-pyrrole nitrogens is 1. The summed E-state index contributed by atoms with van der Waals surface area (Å²) in [5.74, 6) is -1.53. The number of aliphatic hydroxyl groups is 1. The first-order valence-electron chi connectivity index (χ1n) is 6.78. The number of amides is 2. The minimum Gasteiger partial charge on any atom is -0.451 e. The number of hydrogen-bond acceptors (Lipinski definition) is 6. The molecule has 0 aliphatic carbocycles. The summed E-state index contributed by atoms with van der Waals surface area (Å²) in [5.41, 5.74) is 1.99. The number of ether oxygens (including phenoxy) is 2. The van der Waals surface area contributed by atoms with E-state index in [4.69, 9.17) is 4.74 Å². The number of carbonyl (C=O) groups is 3. The van der Waals surface area contributed by atoms with Crippen molar-refractivity contribution < 1.29 is 29.0 Å². The monoisotopic (exact) mass is 312 g/mol. The number of imide groups is 1. The van der Waals surface area contributed by atoms with Gasteiger partial charge in [-0.1, -0.05) is 0 Å². The fourth-order valence-corrected chi connectivity index (χ4v) is 2.12. The molecule has 0 bridgehead atoms. The topological polar surface area (TPSA) is 118 Å². The Morgan fingerprint density at radius 3 is 2.41 bits per heavy atom. The first-order chi connectivity index (χ1) is 10.3. The lowest BCUT2D eigenvalue weighted by Crippen LogP contribution is -2.34. The second-order valence-corrected chi connectivity index (χ2v) is 4.68. The van der Waals surface area contributed by atoms with Crippen molar-refractivity contribution in [3.63, 3.8) is 0 Å². The van der Waals surface area contributed by atoms with Gasteiger partial charge in [0.1, 0.15) is 5.69 Å². The molecule has 0 aliphatic rings. The van der Waals surface area contributed by atoms with Gasteiger partial charge in [0, 0.05) is 11.3 Å². The first-order valence-corrected chi connectivity index (χ1v) is 6.78. The molecule has 0 radical (unpaired) electrons. The van der Waals surface area contributed by atoms with E-state index >= 15 is 0 Å². The Bertz CT molecular complexity index is 576. The van der Waals surface area contributed by atoms with Gasteiger partial charge in [-0.2, -0.15) is 0 Å². The highest BCUT2D eigenvalue weighted by atomic mass is 16.6. The molecule has 1 rings (SSSR count). The molecule has 0 saturated carbocycles. The number of aromatic nitrogens is 1. The van der Waals surface area contributed by atoms with Crippen molar-refractivity contribution in [2.45, 2.75) is 33.8 Å². The maximum absolute atomic E-state index is 11.9. The molecule has 1 atom stereocenters. The SMILES string of the molecule is CCOC(=O)NC(=O)COC(=O)c1[nH]c(C)c([C@H](C)O)c1C. The zero-order valence-corrected chi connectivity index (χ0v) is 13.0. The van der Waals surface area contributed by atoms with E-state index in [1.165, 1.54) is 0 Å². The summed E-state index contributed by atoms with van der Waals surface area (Å²) in [6.07, 6.45) is -1.63. The largest absolute Gasteiger partial charge is 0.451 e. The number of alkyl carbamates (subject to hydrolysis) is 1. The Labute approximate surface area is 127 Å². The van der Waals surface area contributed by atoms with Crippen LogP contribution in [0.4, 0.5) is 4.79 Å². The third-order valence-corrected chi connectivity index (χ3v) is 2.97. The Morgan fingerprint density at radius 2 is 1.91 bits per heavy atom. The van der Waals surface area contributed by atoms with Crippen LogP contribution in [0.3, 0.4) is 0 Å². The van der Waals surface area contributed by atoms with E-state index in [2.05, 4.69) is 9.72 Å². The predicted molar refractivity (Wildman–Crippen MR) is 76.3 cm³/mol. The summed E-state index contributed by atoms with van der Waals surface area (Å²) in [6.45, 7) is 6.09. The van der Waals surface area contributed by atoms with Gasteiger partial charge in [-0.05, 0) is 33.3 Å². The molecule has 0 aliphatic heterocycles. The maximum Gasteiger partial charge on any atom is 0.413 e. The molecular weight excluding hydrogens is 292 g/mol. The van der Waals surface area contributed by atoms with Crippen LogP contribution >= 0.6 is 0 Å². The lowest BCUT2D eigenvalue weighted by molar-refractivity contribution is -0.123. The molecule has 1 heterocycles. The first kappa shape index (κ1) is 17.7. The molecule has 122 valence electrons. The molecule has 0 aromatic carbocycles. The smallest absolute Gasteiger partial charge is 0.413 e. The molecule has 0 spiro atoms. The van der Waals surface area contributed by atoms with Crippen LogP contribution in [0, 0.1) is 13.8 Å². The van der Waals surface area contributed by atoms with E-state index in [1.54, 1.807) is 27.7 Å². The second-order valence-electron chi connectivity index (χ2n) is 4.68. The summed E-state index contributed by atoms with van der Waals surface area (Å²) in [4.78, 5) is 37.2. The van der Waals surface area contributed by atoms with E-state index in [9.17, 15) is 19.5 Å². The molecule has 8 nitrogen and oxygen atoms in total. The van der Waals surface area contributed by atoms with Gasteiger partial charge in [0.25, 0.3) is 5.91 Å². The molecule has 22 heavy (non-hydrogen) atoms. The summed E-state index contributed by atoms with van der Waals surface area (Å²) in [5, 5.41) is 11.6. The van der Waals surface area contributed by atoms with Crippen LogP contribution in [0.5, 0.6) is 0 Å². The number of aryl methyl sites for hydroxylation is 1. The standard InChI is InChI=1S/C14H20N2O6/c1-5-21-14(20)16-10(18)6-22-13(19)12-7(2)11(9(4)17)8(3)15-12/h9,15,17H,5-6H2,1-4H3,(H,16,18,20)/t9-/m0/s1. The van der Waals surface area contributed by atoms with Crippen LogP contribution in [-0.2, 0) is 14.3 Å². The van der Waals surface area contributed by atoms with Crippen LogP contribution in [0.2, 0.25) is 0 Å². The Kier molecular flexibility index (Phi) is 6.11. The van der Waals surface area contributed by atoms with Crippen LogP contribution < -0.4 is 5.32 Å². The summed E-state index contributed by atoms with van der Waals surface area (Å²) in [7, 11) is 0. The number of aromatic amines is 1. The van der Waals surface area contributed by atoms with E-state index in [-0.39, 0.29) is 12.3 Å². The quantitative estimate of drug-likeness (QED) is 0.701. The van der Waals surface area contributed by atoms with Crippen LogP contribution in [-0.4, -0.2) is 41.3 Å². The minimum absolute atomic E-state index is 0.127. The van der Waals surface area contributed by atoms with E-state index in [0.717, 1.165) is 0 Å². The minimum atomic E-state index is -0.896. The van der Waals surface area contributed by atoms with Gasteiger partial charge in [-0.25, -0.2) is 9.59 Å². The van der Waals surface area contributed by atoms with E-state index in [0.29, 0.717) is 16.8 Å². The molecule has 8 heteroatoms. The van der Waals surface area contributed by atoms with Crippen LogP contribution in [0.25, 0.3) is 0 Å². The molecule has 0 fully saturated rings. The van der Waals surface area contributed by atoms with Gasteiger partial charge in [0.2, 0.25) is 0 Å². The van der Waals surface area contributed by atoms with Crippen molar-refractivity contribution in [2.75, 3.05) is 13.2 Å². The number of hydrogen-bond donors (Lipinski definition) is 3. The lowest BCUT2D eigenvalue weighted by atomic mass is 10.1. The van der Waals surface area contributed by atoms with Gasteiger partial charge < -0.3 is 19.6 Å². The highest BCUT2D eigenvalue weighted by molar-refractivity contribution is 5.95. The maximum atomic E-state index is 11.9. The van der Waals surface area contributed by atoms with Crippen molar-refractivity contribution in [3.8, 4) is 0 Å². The predicted octanol–water partition coefficient (Wildman–Crippen LogP) is 1.11. The Hall–Kier alpha value is -2.35. The average Bonchev–Trinajstić information content (AvgIpc) is 2.71. The van der Waals surface area contributed by atoms with Crippen molar-refractivity contribution in [1.29, 1.82) is 0 Å². The summed E-state index contributed by atoms with van der Waals surface area (Å²) >= 11 is 0. The number of carbonyl (C=O) groups excluding carboxylic acids is 3. The fourth-order valence-electron chi connectivity index (χ4n) is 2.12. The summed E-state index contributed by atoms with van der Waals surface area (Å²) < 4.78 is 9.35. The lowest BCUT2D eigenvalue weighted by Gasteiger charge is -2.06. The van der Waals surface area contributed by atoms with Gasteiger partial charge in [-0.15, -0.1) is 0 Å². The highest BCUT2D eigenvalue weighted by Gasteiger charge is 2.21. The zero-order chi connectivity index (χ0) is 16.9. The molecule has 0 saturated heterocycles. The van der Waals surface area contributed by atoms with Crippen molar-refractivity contribution >= 4 is 18.0 Å². The van der Waals surface area contributed by atoms with Crippen LogP contribution in [0.15, 0.2) is 0 Å².